The Morgan fingerprint density at radius 1 is 1.58 bits per heavy atom. The van der Waals surface area contributed by atoms with Gasteiger partial charge in [0.15, 0.2) is 0 Å². The molecule has 0 bridgehead atoms. The van der Waals surface area contributed by atoms with Crippen LogP contribution in [0.15, 0.2) is 18.6 Å². The van der Waals surface area contributed by atoms with Gasteiger partial charge in [0.05, 0.1) is 17.2 Å². The molecule has 0 spiro atoms. The summed E-state index contributed by atoms with van der Waals surface area (Å²) in [5.41, 5.74) is 0.300. The fourth-order valence-corrected chi connectivity index (χ4v) is 2.83. The van der Waals surface area contributed by atoms with Crippen LogP contribution >= 0.6 is 0 Å². The monoisotopic (exact) mass is 263 g/mol. The normalized spacial score (nSPS) is 26.0. The van der Waals surface area contributed by atoms with Crippen molar-refractivity contribution in [2.75, 3.05) is 13.1 Å². The number of hydrogen-bond acceptors (Lipinski definition) is 4. The van der Waals surface area contributed by atoms with E-state index < -0.39 is 11.4 Å². The van der Waals surface area contributed by atoms with Gasteiger partial charge in [0.1, 0.15) is 0 Å². The van der Waals surface area contributed by atoms with Crippen LogP contribution in [0.2, 0.25) is 0 Å². The summed E-state index contributed by atoms with van der Waals surface area (Å²) in [5, 5.41) is 9.50. The first kappa shape index (κ1) is 13.9. The van der Waals surface area contributed by atoms with Crippen molar-refractivity contribution in [1.29, 1.82) is 0 Å². The number of aromatic nitrogens is 2. The number of nitrogens with zero attached hydrogens (tertiary/aromatic N) is 3. The summed E-state index contributed by atoms with van der Waals surface area (Å²) in [6.45, 7) is 5.55. The Hall–Kier alpha value is -1.49. The number of carboxylic acids is 1. The molecule has 1 saturated heterocycles. The summed E-state index contributed by atoms with van der Waals surface area (Å²) in [6.07, 6.45) is 7.45. The molecule has 1 fully saturated rings. The molecule has 2 heterocycles. The van der Waals surface area contributed by atoms with E-state index in [2.05, 4.69) is 21.8 Å². The number of carbonyl (C=O) groups is 1. The maximum atomic E-state index is 11.6. The van der Waals surface area contributed by atoms with Gasteiger partial charge in [0.25, 0.3) is 0 Å². The summed E-state index contributed by atoms with van der Waals surface area (Å²) in [7, 11) is 0. The first-order chi connectivity index (χ1) is 9.09. The Morgan fingerprint density at radius 3 is 2.95 bits per heavy atom. The summed E-state index contributed by atoms with van der Waals surface area (Å²) in [4.78, 5) is 22.2. The van der Waals surface area contributed by atoms with Gasteiger partial charge in [0.2, 0.25) is 0 Å². The highest BCUT2D eigenvalue weighted by Crippen LogP contribution is 2.36. The predicted molar refractivity (Wildman–Crippen MR) is 71.6 cm³/mol. The largest absolute Gasteiger partial charge is 0.481 e. The minimum Gasteiger partial charge on any atom is -0.481 e. The van der Waals surface area contributed by atoms with Crippen LogP contribution in [0.1, 0.15) is 44.8 Å². The van der Waals surface area contributed by atoms with E-state index in [1.54, 1.807) is 18.6 Å². The molecule has 1 aromatic heterocycles. The van der Waals surface area contributed by atoms with E-state index in [9.17, 15) is 9.90 Å². The Labute approximate surface area is 113 Å². The zero-order valence-electron chi connectivity index (χ0n) is 11.5. The van der Waals surface area contributed by atoms with E-state index in [1.807, 2.05) is 6.92 Å². The van der Waals surface area contributed by atoms with E-state index in [0.29, 0.717) is 13.0 Å². The number of carboxylic acid groups (broad SMARTS) is 1. The van der Waals surface area contributed by atoms with E-state index in [1.165, 1.54) is 0 Å². The lowest BCUT2D eigenvalue weighted by Gasteiger charge is -2.41. The molecular formula is C14H21N3O2. The van der Waals surface area contributed by atoms with Crippen LogP contribution in [0, 0.1) is 5.41 Å². The van der Waals surface area contributed by atoms with Crippen molar-refractivity contribution >= 4 is 5.97 Å². The standard InChI is InChI=1S/C14H21N3O2/c1-3-14(13(18)19)5-4-8-17(10-14)11(2)12-9-15-6-7-16-12/h6-7,9,11H,3-5,8,10H2,1-2H3,(H,18,19). The van der Waals surface area contributed by atoms with Crippen molar-refractivity contribution in [2.45, 2.75) is 39.2 Å². The molecule has 19 heavy (non-hydrogen) atoms. The minimum absolute atomic E-state index is 0.110. The third-order valence-corrected chi connectivity index (χ3v) is 4.30. The maximum Gasteiger partial charge on any atom is 0.310 e. The molecule has 0 saturated carbocycles. The Balaban J connectivity index is 2.15. The molecule has 2 atom stereocenters. The number of likely N-dealkylation sites (tertiary alicyclic amines) is 1. The minimum atomic E-state index is -0.675. The first-order valence-electron chi connectivity index (χ1n) is 6.82. The third-order valence-electron chi connectivity index (χ3n) is 4.30. The highest BCUT2D eigenvalue weighted by atomic mass is 16.4. The van der Waals surface area contributed by atoms with Gasteiger partial charge in [-0.25, -0.2) is 0 Å². The molecule has 1 aliphatic heterocycles. The van der Waals surface area contributed by atoms with E-state index in [-0.39, 0.29) is 6.04 Å². The molecule has 1 N–H and O–H groups in total. The summed E-state index contributed by atoms with van der Waals surface area (Å²) in [6, 6.07) is 0.110. The Kier molecular flexibility index (Phi) is 4.14. The van der Waals surface area contributed by atoms with E-state index in [0.717, 1.165) is 25.1 Å². The molecule has 2 unspecified atom stereocenters. The van der Waals surface area contributed by atoms with Gasteiger partial charge in [-0.3, -0.25) is 19.7 Å². The van der Waals surface area contributed by atoms with Gasteiger partial charge in [-0.2, -0.15) is 0 Å². The van der Waals surface area contributed by atoms with Crippen molar-refractivity contribution in [3.05, 3.63) is 24.3 Å². The Bertz CT molecular complexity index is 438. The number of piperidine rings is 1. The molecule has 104 valence electrons. The highest BCUT2D eigenvalue weighted by Gasteiger charge is 2.42. The van der Waals surface area contributed by atoms with Gasteiger partial charge in [0, 0.05) is 25.1 Å². The zero-order chi connectivity index (χ0) is 13.9. The highest BCUT2D eigenvalue weighted by molar-refractivity contribution is 5.75. The topological polar surface area (TPSA) is 66.3 Å². The molecule has 0 amide bonds. The first-order valence-corrected chi connectivity index (χ1v) is 6.82. The van der Waals surface area contributed by atoms with E-state index in [4.69, 9.17) is 0 Å². The van der Waals surface area contributed by atoms with Crippen molar-refractivity contribution < 1.29 is 9.90 Å². The van der Waals surface area contributed by atoms with Crippen LogP contribution < -0.4 is 0 Å². The van der Waals surface area contributed by atoms with Crippen LogP contribution in [0.25, 0.3) is 0 Å². The molecule has 0 aromatic carbocycles. The average molecular weight is 263 g/mol. The molecule has 1 aliphatic rings. The van der Waals surface area contributed by atoms with E-state index >= 15 is 0 Å². The van der Waals surface area contributed by atoms with Crippen LogP contribution in [-0.4, -0.2) is 39.0 Å². The molecular weight excluding hydrogens is 242 g/mol. The number of rotatable bonds is 4. The SMILES string of the molecule is CCC1(C(=O)O)CCCN(C(C)c2cnccn2)C1. The number of aliphatic carboxylic acids is 1. The fourth-order valence-electron chi connectivity index (χ4n) is 2.83. The summed E-state index contributed by atoms with van der Waals surface area (Å²) < 4.78 is 0. The molecule has 0 radical (unpaired) electrons. The third kappa shape index (κ3) is 2.76. The maximum absolute atomic E-state index is 11.6. The summed E-state index contributed by atoms with van der Waals surface area (Å²) >= 11 is 0. The zero-order valence-corrected chi connectivity index (χ0v) is 11.5. The second-order valence-electron chi connectivity index (χ2n) is 5.32. The predicted octanol–water partition coefficient (Wildman–Crippen LogP) is 2.11. The van der Waals surface area contributed by atoms with Crippen molar-refractivity contribution in [1.82, 2.24) is 14.9 Å². The second-order valence-corrected chi connectivity index (χ2v) is 5.32. The Morgan fingerprint density at radius 2 is 2.37 bits per heavy atom. The average Bonchev–Trinajstić information content (AvgIpc) is 2.47. The molecule has 0 aliphatic carbocycles. The van der Waals surface area contributed by atoms with Crippen molar-refractivity contribution in [3.63, 3.8) is 0 Å². The van der Waals surface area contributed by atoms with Crippen LogP contribution in [0.4, 0.5) is 0 Å². The van der Waals surface area contributed by atoms with Gasteiger partial charge in [-0.15, -0.1) is 0 Å². The molecule has 5 nitrogen and oxygen atoms in total. The van der Waals surface area contributed by atoms with Crippen LogP contribution in [0.5, 0.6) is 0 Å². The molecule has 1 aromatic rings. The van der Waals surface area contributed by atoms with Crippen LogP contribution in [-0.2, 0) is 4.79 Å². The number of hydrogen-bond donors (Lipinski definition) is 1. The van der Waals surface area contributed by atoms with Crippen molar-refractivity contribution in [2.24, 2.45) is 5.41 Å². The lowest BCUT2D eigenvalue weighted by Crippen LogP contribution is -2.48. The van der Waals surface area contributed by atoms with Gasteiger partial charge >= 0.3 is 5.97 Å². The quantitative estimate of drug-likeness (QED) is 0.901. The smallest absolute Gasteiger partial charge is 0.310 e. The van der Waals surface area contributed by atoms with Crippen molar-refractivity contribution in [3.8, 4) is 0 Å². The second kappa shape index (κ2) is 5.65. The van der Waals surface area contributed by atoms with Gasteiger partial charge < -0.3 is 5.11 Å². The molecule has 5 heteroatoms. The van der Waals surface area contributed by atoms with Gasteiger partial charge in [-0.05, 0) is 32.7 Å². The fraction of sp³-hybridized carbons (Fsp3) is 0.643. The van der Waals surface area contributed by atoms with Gasteiger partial charge in [-0.1, -0.05) is 6.92 Å². The lowest BCUT2D eigenvalue weighted by atomic mass is 9.77. The molecule has 2 rings (SSSR count). The summed E-state index contributed by atoms with van der Waals surface area (Å²) in [5.74, 6) is -0.675. The lowest BCUT2D eigenvalue weighted by molar-refractivity contribution is -0.153. The van der Waals surface area contributed by atoms with Crippen LogP contribution in [0.3, 0.4) is 0 Å².